The molecule has 1 amide bonds. The third kappa shape index (κ3) is 2.81. The number of rotatable bonds is 3. The van der Waals surface area contributed by atoms with E-state index in [1.54, 1.807) is 25.3 Å². The van der Waals surface area contributed by atoms with Gasteiger partial charge in [0.1, 0.15) is 11.8 Å². The summed E-state index contributed by atoms with van der Waals surface area (Å²) >= 11 is 6.10. The van der Waals surface area contributed by atoms with Crippen molar-refractivity contribution in [3.05, 3.63) is 53.1 Å². The zero-order valence-electron chi connectivity index (χ0n) is 11.5. The van der Waals surface area contributed by atoms with Gasteiger partial charge >= 0.3 is 0 Å². The predicted molar refractivity (Wildman–Crippen MR) is 84.2 cm³/mol. The molecule has 21 heavy (non-hydrogen) atoms. The number of carbonyl (C=O) groups is 1. The lowest BCUT2D eigenvalue weighted by Gasteiger charge is -2.13. The standard InChI is InChI=1S/C16H15ClN2O2/c1-21-11-6-7-12(17)14(9-11)19-16(20)15-8-10-4-2-3-5-13(10)18-15/h2-7,9,15,18H,8H2,1H3,(H,19,20)/t15-/m0/s1. The van der Waals surface area contributed by atoms with Gasteiger partial charge in [0.15, 0.2) is 0 Å². The first-order valence-electron chi connectivity index (χ1n) is 6.66. The van der Waals surface area contributed by atoms with E-state index in [-0.39, 0.29) is 11.9 Å². The fourth-order valence-corrected chi connectivity index (χ4v) is 2.57. The Hall–Kier alpha value is -2.20. The van der Waals surface area contributed by atoms with Crippen LogP contribution in [-0.2, 0) is 11.2 Å². The highest BCUT2D eigenvalue weighted by molar-refractivity contribution is 6.33. The van der Waals surface area contributed by atoms with Gasteiger partial charge in [0.05, 0.1) is 17.8 Å². The molecule has 1 atom stereocenters. The number of nitrogens with one attached hydrogen (secondary N) is 2. The molecule has 0 saturated carbocycles. The number of amides is 1. The maximum absolute atomic E-state index is 12.4. The number of fused-ring (bicyclic) bond motifs is 1. The smallest absolute Gasteiger partial charge is 0.247 e. The van der Waals surface area contributed by atoms with Crippen molar-refractivity contribution in [1.29, 1.82) is 0 Å². The van der Waals surface area contributed by atoms with Gasteiger partial charge in [0.2, 0.25) is 5.91 Å². The number of benzene rings is 2. The van der Waals surface area contributed by atoms with Crippen molar-refractivity contribution in [2.75, 3.05) is 17.7 Å². The summed E-state index contributed by atoms with van der Waals surface area (Å²) in [5.41, 5.74) is 2.71. The van der Waals surface area contributed by atoms with E-state index in [4.69, 9.17) is 16.3 Å². The Kier molecular flexibility index (Phi) is 3.71. The first-order chi connectivity index (χ1) is 10.2. The first kappa shape index (κ1) is 13.8. The quantitative estimate of drug-likeness (QED) is 0.914. The number of para-hydroxylation sites is 1. The molecule has 0 bridgehead atoms. The average molecular weight is 303 g/mol. The topological polar surface area (TPSA) is 50.4 Å². The summed E-state index contributed by atoms with van der Waals surface area (Å²) in [6.45, 7) is 0. The van der Waals surface area contributed by atoms with E-state index in [2.05, 4.69) is 10.6 Å². The number of hydrogen-bond acceptors (Lipinski definition) is 3. The summed E-state index contributed by atoms with van der Waals surface area (Å²) in [6.07, 6.45) is 0.670. The lowest BCUT2D eigenvalue weighted by Crippen LogP contribution is -2.32. The number of anilines is 2. The van der Waals surface area contributed by atoms with Crippen LogP contribution in [0, 0.1) is 0 Å². The molecule has 2 N–H and O–H groups in total. The lowest BCUT2D eigenvalue weighted by atomic mass is 10.1. The van der Waals surface area contributed by atoms with Crippen molar-refractivity contribution in [1.82, 2.24) is 0 Å². The average Bonchev–Trinajstić information content (AvgIpc) is 2.93. The second-order valence-corrected chi connectivity index (χ2v) is 5.30. The molecule has 0 fully saturated rings. The maximum Gasteiger partial charge on any atom is 0.247 e. The van der Waals surface area contributed by atoms with Crippen molar-refractivity contribution in [2.24, 2.45) is 0 Å². The minimum atomic E-state index is -0.287. The third-order valence-corrected chi connectivity index (χ3v) is 3.85. The number of hydrogen-bond donors (Lipinski definition) is 2. The molecule has 2 aromatic rings. The number of ether oxygens (including phenoxy) is 1. The molecule has 1 aliphatic rings. The Balaban J connectivity index is 1.74. The summed E-state index contributed by atoms with van der Waals surface area (Å²) < 4.78 is 5.14. The summed E-state index contributed by atoms with van der Waals surface area (Å²) in [7, 11) is 1.57. The molecule has 108 valence electrons. The molecular weight excluding hydrogens is 288 g/mol. The maximum atomic E-state index is 12.4. The van der Waals surface area contributed by atoms with Crippen LogP contribution in [0.5, 0.6) is 5.75 Å². The van der Waals surface area contributed by atoms with Crippen LogP contribution < -0.4 is 15.4 Å². The zero-order chi connectivity index (χ0) is 14.8. The van der Waals surface area contributed by atoms with E-state index in [0.717, 1.165) is 11.3 Å². The van der Waals surface area contributed by atoms with Crippen molar-refractivity contribution < 1.29 is 9.53 Å². The Labute approximate surface area is 128 Å². The largest absolute Gasteiger partial charge is 0.497 e. The van der Waals surface area contributed by atoms with Crippen LogP contribution in [0.1, 0.15) is 5.56 Å². The van der Waals surface area contributed by atoms with Crippen LogP contribution in [0.15, 0.2) is 42.5 Å². The highest BCUT2D eigenvalue weighted by Gasteiger charge is 2.26. The van der Waals surface area contributed by atoms with Gasteiger partial charge in [0.25, 0.3) is 0 Å². The first-order valence-corrected chi connectivity index (χ1v) is 7.04. The summed E-state index contributed by atoms with van der Waals surface area (Å²) in [4.78, 5) is 12.4. The molecule has 0 aromatic heterocycles. The van der Waals surface area contributed by atoms with Crippen LogP contribution in [0.2, 0.25) is 5.02 Å². The highest BCUT2D eigenvalue weighted by atomic mass is 35.5. The molecular formula is C16H15ClN2O2. The molecule has 0 unspecified atom stereocenters. The van der Waals surface area contributed by atoms with Crippen LogP contribution >= 0.6 is 11.6 Å². The molecule has 1 heterocycles. The molecule has 0 spiro atoms. The van der Waals surface area contributed by atoms with E-state index in [1.165, 1.54) is 0 Å². The van der Waals surface area contributed by atoms with Crippen molar-refractivity contribution >= 4 is 28.9 Å². The van der Waals surface area contributed by atoms with Crippen molar-refractivity contribution in [2.45, 2.75) is 12.5 Å². The van der Waals surface area contributed by atoms with E-state index >= 15 is 0 Å². The molecule has 3 rings (SSSR count). The van der Waals surface area contributed by atoms with Crippen molar-refractivity contribution in [3.8, 4) is 5.75 Å². The zero-order valence-corrected chi connectivity index (χ0v) is 12.3. The molecule has 0 aliphatic carbocycles. The van der Waals surface area contributed by atoms with E-state index in [1.807, 2.05) is 24.3 Å². The molecule has 0 radical (unpaired) electrons. The highest BCUT2D eigenvalue weighted by Crippen LogP contribution is 2.29. The molecule has 5 heteroatoms. The Bertz CT molecular complexity index is 663. The van der Waals surface area contributed by atoms with Crippen LogP contribution in [0.3, 0.4) is 0 Å². The van der Waals surface area contributed by atoms with Gasteiger partial charge in [-0.05, 0) is 23.8 Å². The minimum absolute atomic E-state index is 0.110. The fraction of sp³-hybridized carbons (Fsp3) is 0.188. The van der Waals surface area contributed by atoms with Gasteiger partial charge in [-0.2, -0.15) is 0 Å². The van der Waals surface area contributed by atoms with Crippen molar-refractivity contribution in [3.63, 3.8) is 0 Å². The van der Waals surface area contributed by atoms with E-state index < -0.39 is 0 Å². The van der Waals surface area contributed by atoms with Gasteiger partial charge in [-0.25, -0.2) is 0 Å². The Morgan fingerprint density at radius 3 is 2.90 bits per heavy atom. The van der Waals surface area contributed by atoms with Crippen LogP contribution in [0.4, 0.5) is 11.4 Å². The SMILES string of the molecule is COc1ccc(Cl)c(NC(=O)[C@@H]2Cc3ccccc3N2)c1. The van der Waals surface area contributed by atoms with Gasteiger partial charge in [0, 0.05) is 18.2 Å². The van der Waals surface area contributed by atoms with E-state index in [0.29, 0.717) is 22.9 Å². The summed E-state index contributed by atoms with van der Waals surface area (Å²) in [5.74, 6) is 0.540. The van der Waals surface area contributed by atoms with Gasteiger partial charge in [-0.1, -0.05) is 29.8 Å². The number of halogens is 1. The normalized spacial score (nSPS) is 16.0. The number of methoxy groups -OCH3 is 1. The minimum Gasteiger partial charge on any atom is -0.497 e. The van der Waals surface area contributed by atoms with Gasteiger partial charge in [-0.15, -0.1) is 0 Å². The molecule has 0 saturated heterocycles. The van der Waals surface area contributed by atoms with Gasteiger partial charge < -0.3 is 15.4 Å². The van der Waals surface area contributed by atoms with Crippen LogP contribution in [-0.4, -0.2) is 19.1 Å². The molecule has 4 nitrogen and oxygen atoms in total. The second kappa shape index (κ2) is 5.66. The second-order valence-electron chi connectivity index (χ2n) is 4.89. The summed E-state index contributed by atoms with van der Waals surface area (Å²) in [5, 5.41) is 6.55. The summed E-state index contributed by atoms with van der Waals surface area (Å²) in [6, 6.07) is 12.8. The lowest BCUT2D eigenvalue weighted by molar-refractivity contribution is -0.116. The monoisotopic (exact) mass is 302 g/mol. The molecule has 1 aliphatic heterocycles. The Morgan fingerprint density at radius 2 is 2.14 bits per heavy atom. The molecule has 2 aromatic carbocycles. The van der Waals surface area contributed by atoms with Crippen LogP contribution in [0.25, 0.3) is 0 Å². The van der Waals surface area contributed by atoms with Gasteiger partial charge in [-0.3, -0.25) is 4.79 Å². The predicted octanol–water partition coefficient (Wildman–Crippen LogP) is 3.32. The number of carbonyl (C=O) groups excluding carboxylic acids is 1. The Morgan fingerprint density at radius 1 is 1.33 bits per heavy atom. The fourth-order valence-electron chi connectivity index (χ4n) is 2.40. The third-order valence-electron chi connectivity index (χ3n) is 3.52. The van der Waals surface area contributed by atoms with E-state index in [9.17, 15) is 4.79 Å².